The molecule has 1 amide bonds. The lowest BCUT2D eigenvalue weighted by Gasteiger charge is -2.09. The summed E-state index contributed by atoms with van der Waals surface area (Å²) in [7, 11) is 0. The van der Waals surface area contributed by atoms with Gasteiger partial charge in [-0.3, -0.25) is 14.4 Å². The fourth-order valence-corrected chi connectivity index (χ4v) is 1.61. The van der Waals surface area contributed by atoms with E-state index in [1.807, 2.05) is 0 Å². The number of carboxylic acids is 1. The first kappa shape index (κ1) is 13.7. The average Bonchev–Trinajstić information content (AvgIpc) is 2.42. The standard InChI is InChI=1S/C12H12N4O4/c1-7(12(19)20)13-10(17)6-16-11(18)8-4-2-3-5-9(8)14-15-16/h2-5,7H,6H2,1H3,(H,13,17)(H,19,20)/t7-/m0/s1. The lowest BCUT2D eigenvalue weighted by molar-refractivity contribution is -0.141. The van der Waals surface area contributed by atoms with E-state index in [0.29, 0.717) is 10.9 Å². The van der Waals surface area contributed by atoms with Crippen LogP contribution in [0.4, 0.5) is 0 Å². The Morgan fingerprint density at radius 3 is 2.80 bits per heavy atom. The van der Waals surface area contributed by atoms with Crippen molar-refractivity contribution in [2.45, 2.75) is 19.5 Å². The van der Waals surface area contributed by atoms with E-state index in [9.17, 15) is 14.4 Å². The minimum absolute atomic E-state index is 0.349. The predicted molar refractivity (Wildman–Crippen MR) is 69.0 cm³/mol. The van der Waals surface area contributed by atoms with E-state index in [4.69, 9.17) is 5.11 Å². The third-order valence-electron chi connectivity index (χ3n) is 2.67. The zero-order chi connectivity index (χ0) is 14.7. The molecule has 1 aromatic heterocycles. The van der Waals surface area contributed by atoms with Gasteiger partial charge in [-0.25, -0.2) is 4.68 Å². The van der Waals surface area contributed by atoms with E-state index < -0.39 is 23.5 Å². The van der Waals surface area contributed by atoms with Crippen LogP contribution in [0.3, 0.4) is 0 Å². The second kappa shape index (κ2) is 5.47. The molecule has 2 rings (SSSR count). The lowest BCUT2D eigenvalue weighted by atomic mass is 10.2. The van der Waals surface area contributed by atoms with Crippen molar-refractivity contribution in [3.8, 4) is 0 Å². The van der Waals surface area contributed by atoms with E-state index in [1.54, 1.807) is 24.3 Å². The number of carboxylic acid groups (broad SMARTS) is 1. The number of nitrogens with one attached hydrogen (secondary N) is 1. The molecule has 0 saturated heterocycles. The van der Waals surface area contributed by atoms with Gasteiger partial charge in [-0.1, -0.05) is 17.3 Å². The van der Waals surface area contributed by atoms with Gasteiger partial charge in [-0.05, 0) is 19.1 Å². The summed E-state index contributed by atoms with van der Waals surface area (Å²) < 4.78 is 0.895. The number of fused-ring (bicyclic) bond motifs is 1. The van der Waals surface area contributed by atoms with Crippen LogP contribution >= 0.6 is 0 Å². The smallest absolute Gasteiger partial charge is 0.325 e. The van der Waals surface area contributed by atoms with Gasteiger partial charge in [0.25, 0.3) is 5.56 Å². The van der Waals surface area contributed by atoms with Crippen LogP contribution in [0.2, 0.25) is 0 Å². The third kappa shape index (κ3) is 2.79. The second-order valence-electron chi connectivity index (χ2n) is 4.20. The molecular formula is C12H12N4O4. The van der Waals surface area contributed by atoms with Gasteiger partial charge in [0.05, 0.1) is 5.39 Å². The van der Waals surface area contributed by atoms with Crippen LogP contribution in [-0.2, 0) is 16.1 Å². The number of hydrogen-bond acceptors (Lipinski definition) is 5. The summed E-state index contributed by atoms with van der Waals surface area (Å²) >= 11 is 0. The molecule has 0 aliphatic heterocycles. The first-order chi connectivity index (χ1) is 9.49. The molecule has 2 aromatic rings. The molecule has 0 radical (unpaired) electrons. The molecule has 0 bridgehead atoms. The Labute approximate surface area is 113 Å². The zero-order valence-electron chi connectivity index (χ0n) is 10.6. The number of nitrogens with zero attached hydrogens (tertiary/aromatic N) is 3. The molecule has 1 aromatic carbocycles. The van der Waals surface area contributed by atoms with E-state index in [0.717, 1.165) is 4.68 Å². The van der Waals surface area contributed by atoms with Crippen LogP contribution in [-0.4, -0.2) is 38.0 Å². The number of aliphatic carboxylic acids is 1. The monoisotopic (exact) mass is 276 g/mol. The molecule has 2 N–H and O–H groups in total. The van der Waals surface area contributed by atoms with Crippen molar-refractivity contribution in [3.63, 3.8) is 0 Å². The van der Waals surface area contributed by atoms with Gasteiger partial charge >= 0.3 is 5.97 Å². The number of benzene rings is 1. The summed E-state index contributed by atoms with van der Waals surface area (Å²) in [5.74, 6) is -1.78. The van der Waals surface area contributed by atoms with E-state index >= 15 is 0 Å². The maximum Gasteiger partial charge on any atom is 0.325 e. The van der Waals surface area contributed by atoms with E-state index in [-0.39, 0.29) is 6.54 Å². The van der Waals surface area contributed by atoms with Gasteiger partial charge in [-0.15, -0.1) is 5.10 Å². The summed E-state index contributed by atoms with van der Waals surface area (Å²) in [5.41, 5.74) is -0.0122. The fraction of sp³-hybridized carbons (Fsp3) is 0.250. The molecule has 0 aliphatic carbocycles. The Kier molecular flexibility index (Phi) is 3.74. The predicted octanol–water partition coefficient (Wildman–Crippen LogP) is -0.619. The number of rotatable bonds is 4. The number of hydrogen-bond donors (Lipinski definition) is 2. The van der Waals surface area contributed by atoms with Crippen LogP contribution in [0, 0.1) is 0 Å². The molecule has 104 valence electrons. The third-order valence-corrected chi connectivity index (χ3v) is 2.67. The SMILES string of the molecule is C[C@H](NC(=O)Cn1nnc2ccccc2c1=O)C(=O)O. The van der Waals surface area contributed by atoms with Gasteiger partial charge < -0.3 is 10.4 Å². The van der Waals surface area contributed by atoms with Crippen molar-refractivity contribution in [2.24, 2.45) is 0 Å². The maximum absolute atomic E-state index is 12.0. The Hall–Kier alpha value is -2.77. The van der Waals surface area contributed by atoms with Crippen molar-refractivity contribution >= 4 is 22.8 Å². The first-order valence-corrected chi connectivity index (χ1v) is 5.84. The Morgan fingerprint density at radius 2 is 2.10 bits per heavy atom. The molecular weight excluding hydrogens is 264 g/mol. The lowest BCUT2D eigenvalue weighted by Crippen LogP contribution is -2.42. The van der Waals surface area contributed by atoms with Gasteiger partial charge in [0.2, 0.25) is 5.91 Å². The maximum atomic E-state index is 12.0. The minimum atomic E-state index is -1.16. The molecule has 20 heavy (non-hydrogen) atoms. The molecule has 1 atom stereocenters. The number of carbonyl (C=O) groups is 2. The fourth-order valence-electron chi connectivity index (χ4n) is 1.61. The highest BCUT2D eigenvalue weighted by Crippen LogP contribution is 2.03. The van der Waals surface area contributed by atoms with E-state index in [1.165, 1.54) is 6.92 Å². The second-order valence-corrected chi connectivity index (χ2v) is 4.20. The highest BCUT2D eigenvalue weighted by atomic mass is 16.4. The van der Waals surface area contributed by atoms with Gasteiger partial charge in [0.1, 0.15) is 18.1 Å². The zero-order valence-corrected chi connectivity index (χ0v) is 10.6. The summed E-state index contributed by atoms with van der Waals surface area (Å²) in [6.07, 6.45) is 0. The van der Waals surface area contributed by atoms with Crippen LogP contribution in [0.1, 0.15) is 6.92 Å². The summed E-state index contributed by atoms with van der Waals surface area (Å²) in [4.78, 5) is 34.3. The van der Waals surface area contributed by atoms with Crippen LogP contribution in [0.5, 0.6) is 0 Å². The topological polar surface area (TPSA) is 114 Å². The summed E-state index contributed by atoms with van der Waals surface area (Å²) in [6.45, 7) is 0.948. The largest absolute Gasteiger partial charge is 0.480 e. The number of amides is 1. The normalized spacial score (nSPS) is 12.1. The van der Waals surface area contributed by atoms with Gasteiger partial charge in [0, 0.05) is 0 Å². The Bertz CT molecular complexity index is 725. The highest BCUT2D eigenvalue weighted by molar-refractivity contribution is 5.83. The Balaban J connectivity index is 2.22. The number of aromatic nitrogens is 3. The molecule has 8 heteroatoms. The van der Waals surface area contributed by atoms with Crippen LogP contribution < -0.4 is 10.9 Å². The highest BCUT2D eigenvalue weighted by Gasteiger charge is 2.15. The minimum Gasteiger partial charge on any atom is -0.480 e. The quantitative estimate of drug-likeness (QED) is 0.769. The van der Waals surface area contributed by atoms with Crippen LogP contribution in [0.25, 0.3) is 10.9 Å². The van der Waals surface area contributed by atoms with Gasteiger partial charge in [-0.2, -0.15) is 0 Å². The number of carbonyl (C=O) groups excluding carboxylic acids is 1. The molecule has 0 fully saturated rings. The van der Waals surface area contributed by atoms with E-state index in [2.05, 4.69) is 15.6 Å². The molecule has 0 unspecified atom stereocenters. The molecule has 8 nitrogen and oxygen atoms in total. The van der Waals surface area contributed by atoms with Gasteiger partial charge in [0.15, 0.2) is 0 Å². The van der Waals surface area contributed by atoms with Crippen molar-refractivity contribution in [1.82, 2.24) is 20.3 Å². The first-order valence-electron chi connectivity index (χ1n) is 5.84. The molecule has 1 heterocycles. The molecule has 0 saturated carbocycles. The average molecular weight is 276 g/mol. The summed E-state index contributed by atoms with van der Waals surface area (Å²) in [5, 5.41) is 18.7. The van der Waals surface area contributed by atoms with Crippen LogP contribution in [0.15, 0.2) is 29.1 Å². The molecule has 0 aliphatic rings. The van der Waals surface area contributed by atoms with Crippen molar-refractivity contribution in [2.75, 3.05) is 0 Å². The molecule has 0 spiro atoms. The summed E-state index contributed by atoms with van der Waals surface area (Å²) in [6, 6.07) is 5.60. The Morgan fingerprint density at radius 1 is 1.40 bits per heavy atom. The van der Waals surface area contributed by atoms with Crippen molar-refractivity contribution in [1.29, 1.82) is 0 Å². The van der Waals surface area contributed by atoms with Crippen molar-refractivity contribution in [3.05, 3.63) is 34.6 Å². The van der Waals surface area contributed by atoms with Crippen molar-refractivity contribution < 1.29 is 14.7 Å².